The smallest absolute Gasteiger partial charge is 0.338 e. The summed E-state index contributed by atoms with van der Waals surface area (Å²) in [6.07, 6.45) is 6.08. The van der Waals surface area contributed by atoms with E-state index in [1.54, 1.807) is 24.7 Å². The molecule has 0 unspecified atom stereocenters. The number of nitrogens with zero attached hydrogens (tertiary/aromatic N) is 2. The highest BCUT2D eigenvalue weighted by Crippen LogP contribution is 2.23. The van der Waals surface area contributed by atoms with Crippen molar-refractivity contribution in [2.45, 2.75) is 19.9 Å². The molecule has 0 fully saturated rings. The molecule has 0 saturated carbocycles. The third-order valence-electron chi connectivity index (χ3n) is 2.99. The van der Waals surface area contributed by atoms with Gasteiger partial charge in [0.15, 0.2) is 0 Å². The fourth-order valence-corrected chi connectivity index (χ4v) is 2.30. The van der Waals surface area contributed by atoms with Crippen molar-refractivity contribution in [1.82, 2.24) is 9.55 Å². The Bertz CT molecular complexity index is 597. The molecule has 0 atom stereocenters. The number of carbonyl (C=O) groups is 1. The summed E-state index contributed by atoms with van der Waals surface area (Å²) in [4.78, 5) is 16.0. The van der Waals surface area contributed by atoms with Crippen LogP contribution in [0.1, 0.15) is 22.3 Å². The van der Waals surface area contributed by atoms with E-state index < -0.39 is 0 Å². The molecule has 20 heavy (non-hydrogen) atoms. The van der Waals surface area contributed by atoms with E-state index in [2.05, 4.69) is 20.9 Å². The maximum atomic E-state index is 12.0. The minimum atomic E-state index is -0.346. The molecule has 0 bridgehead atoms. The number of rotatable bonds is 5. The number of aromatic nitrogens is 2. The fourth-order valence-electron chi connectivity index (χ4n) is 1.82. The molecule has 0 amide bonds. The molecular formula is C14H16BrN3O2. The van der Waals surface area contributed by atoms with Gasteiger partial charge in [-0.2, -0.15) is 0 Å². The number of ether oxygens (including phenoxy) is 1. The molecule has 106 valence electrons. The molecule has 0 spiro atoms. The molecule has 0 saturated heterocycles. The molecule has 2 N–H and O–H groups in total. The van der Waals surface area contributed by atoms with Gasteiger partial charge >= 0.3 is 5.97 Å². The van der Waals surface area contributed by atoms with Crippen LogP contribution in [0.25, 0.3) is 0 Å². The zero-order valence-corrected chi connectivity index (χ0v) is 12.8. The van der Waals surface area contributed by atoms with Crippen LogP contribution in [-0.4, -0.2) is 22.1 Å². The highest BCUT2D eigenvalue weighted by molar-refractivity contribution is 9.10. The lowest BCUT2D eigenvalue weighted by molar-refractivity contribution is 0.0495. The number of benzene rings is 1. The summed E-state index contributed by atoms with van der Waals surface area (Å²) in [5.41, 5.74) is 7.65. The largest absolute Gasteiger partial charge is 0.462 e. The lowest BCUT2D eigenvalue weighted by Crippen LogP contribution is -2.11. The maximum Gasteiger partial charge on any atom is 0.338 e. The standard InChI is InChI=1S/C14H16BrN3O2/c1-10-12(7-11(15)8-13(10)16)14(19)20-6-2-4-18-5-3-17-9-18/h3,5,7-9H,2,4,6,16H2,1H3. The summed E-state index contributed by atoms with van der Waals surface area (Å²) < 4.78 is 7.98. The monoisotopic (exact) mass is 337 g/mol. The highest BCUT2D eigenvalue weighted by Gasteiger charge is 2.13. The topological polar surface area (TPSA) is 70.1 Å². The Morgan fingerprint density at radius 1 is 1.50 bits per heavy atom. The van der Waals surface area contributed by atoms with Gasteiger partial charge in [-0.15, -0.1) is 0 Å². The molecule has 1 heterocycles. The second-order valence-electron chi connectivity index (χ2n) is 4.46. The zero-order valence-electron chi connectivity index (χ0n) is 11.2. The van der Waals surface area contributed by atoms with Crippen molar-refractivity contribution >= 4 is 27.6 Å². The van der Waals surface area contributed by atoms with Crippen LogP contribution in [0.15, 0.2) is 35.3 Å². The van der Waals surface area contributed by atoms with Gasteiger partial charge in [-0.1, -0.05) is 15.9 Å². The molecule has 0 aliphatic heterocycles. The maximum absolute atomic E-state index is 12.0. The van der Waals surface area contributed by atoms with Gasteiger partial charge in [0.05, 0.1) is 18.5 Å². The molecule has 6 heteroatoms. The summed E-state index contributed by atoms with van der Waals surface area (Å²) in [6, 6.07) is 3.50. The predicted molar refractivity (Wildman–Crippen MR) is 80.4 cm³/mol. The Hall–Kier alpha value is -1.82. The van der Waals surface area contributed by atoms with Gasteiger partial charge in [-0.05, 0) is 31.0 Å². The first-order valence-corrected chi connectivity index (χ1v) is 7.05. The Morgan fingerprint density at radius 2 is 2.30 bits per heavy atom. The third-order valence-corrected chi connectivity index (χ3v) is 3.44. The number of nitrogens with two attached hydrogens (primary N) is 1. The van der Waals surface area contributed by atoms with Gasteiger partial charge < -0.3 is 15.0 Å². The van der Waals surface area contributed by atoms with Gasteiger partial charge in [-0.25, -0.2) is 9.78 Å². The number of esters is 1. The van der Waals surface area contributed by atoms with Crippen LogP contribution in [-0.2, 0) is 11.3 Å². The molecule has 2 aromatic rings. The Labute approximate surface area is 125 Å². The van der Waals surface area contributed by atoms with Crippen molar-refractivity contribution in [3.63, 3.8) is 0 Å². The van der Waals surface area contributed by atoms with Crippen LogP contribution in [0.3, 0.4) is 0 Å². The highest BCUT2D eigenvalue weighted by atomic mass is 79.9. The average Bonchev–Trinajstić information content (AvgIpc) is 2.91. The van der Waals surface area contributed by atoms with Crippen molar-refractivity contribution in [2.75, 3.05) is 12.3 Å². The molecule has 1 aromatic carbocycles. The van der Waals surface area contributed by atoms with Crippen LogP contribution in [0, 0.1) is 6.92 Å². The number of nitrogen functional groups attached to an aromatic ring is 1. The second kappa shape index (κ2) is 6.56. The molecule has 2 rings (SSSR count). The average molecular weight is 338 g/mol. The summed E-state index contributed by atoms with van der Waals surface area (Å²) in [5, 5.41) is 0. The van der Waals surface area contributed by atoms with E-state index in [0.29, 0.717) is 17.9 Å². The predicted octanol–water partition coefficient (Wildman–Crippen LogP) is 2.78. The Balaban J connectivity index is 1.89. The van der Waals surface area contributed by atoms with E-state index >= 15 is 0 Å². The van der Waals surface area contributed by atoms with Crippen LogP contribution < -0.4 is 5.73 Å². The van der Waals surface area contributed by atoms with E-state index in [-0.39, 0.29) is 5.97 Å². The first-order chi connectivity index (χ1) is 9.58. The van der Waals surface area contributed by atoms with Crippen LogP contribution in [0.2, 0.25) is 0 Å². The van der Waals surface area contributed by atoms with Crippen molar-refractivity contribution in [2.24, 2.45) is 0 Å². The SMILES string of the molecule is Cc1c(N)cc(Br)cc1C(=O)OCCCn1ccnc1. The van der Waals surface area contributed by atoms with E-state index in [9.17, 15) is 4.79 Å². The van der Waals surface area contributed by atoms with Gasteiger partial charge in [0.1, 0.15) is 0 Å². The second-order valence-corrected chi connectivity index (χ2v) is 5.37. The summed E-state index contributed by atoms with van der Waals surface area (Å²) in [5.74, 6) is -0.346. The summed E-state index contributed by atoms with van der Waals surface area (Å²) in [7, 11) is 0. The lowest BCUT2D eigenvalue weighted by Gasteiger charge is -2.10. The Kier molecular flexibility index (Phi) is 4.79. The molecule has 0 aliphatic rings. The minimum absolute atomic E-state index is 0.346. The molecule has 0 aliphatic carbocycles. The first-order valence-electron chi connectivity index (χ1n) is 6.26. The number of carbonyl (C=O) groups excluding carboxylic acids is 1. The number of hydrogen-bond donors (Lipinski definition) is 1. The van der Waals surface area contributed by atoms with Gasteiger partial charge in [0, 0.05) is 29.1 Å². The molecule has 1 aromatic heterocycles. The normalized spacial score (nSPS) is 10.5. The number of hydrogen-bond acceptors (Lipinski definition) is 4. The van der Waals surface area contributed by atoms with Crippen molar-refractivity contribution in [3.05, 3.63) is 46.5 Å². The van der Waals surface area contributed by atoms with Crippen LogP contribution >= 0.6 is 15.9 Å². The van der Waals surface area contributed by atoms with Gasteiger partial charge in [0.25, 0.3) is 0 Å². The van der Waals surface area contributed by atoms with Crippen LogP contribution in [0.5, 0.6) is 0 Å². The Morgan fingerprint density at radius 3 is 3.00 bits per heavy atom. The van der Waals surface area contributed by atoms with Gasteiger partial charge in [-0.3, -0.25) is 0 Å². The van der Waals surface area contributed by atoms with E-state index in [1.165, 1.54) is 0 Å². The molecule has 0 radical (unpaired) electrons. The third kappa shape index (κ3) is 3.60. The number of halogens is 1. The quantitative estimate of drug-likeness (QED) is 0.517. The summed E-state index contributed by atoms with van der Waals surface area (Å²) >= 11 is 3.33. The lowest BCUT2D eigenvalue weighted by atomic mass is 10.1. The molecule has 5 nitrogen and oxygen atoms in total. The van der Waals surface area contributed by atoms with Gasteiger partial charge in [0.2, 0.25) is 0 Å². The first kappa shape index (κ1) is 14.6. The zero-order chi connectivity index (χ0) is 14.5. The number of anilines is 1. The van der Waals surface area contributed by atoms with Crippen molar-refractivity contribution in [3.8, 4) is 0 Å². The summed E-state index contributed by atoms with van der Waals surface area (Å²) in [6.45, 7) is 2.94. The van der Waals surface area contributed by atoms with E-state index in [0.717, 1.165) is 23.0 Å². The van der Waals surface area contributed by atoms with E-state index in [1.807, 2.05) is 17.7 Å². The van der Waals surface area contributed by atoms with Crippen LogP contribution in [0.4, 0.5) is 5.69 Å². The van der Waals surface area contributed by atoms with E-state index in [4.69, 9.17) is 10.5 Å². The number of imidazole rings is 1. The number of aryl methyl sites for hydroxylation is 1. The van der Waals surface area contributed by atoms with Crippen molar-refractivity contribution in [1.29, 1.82) is 0 Å². The minimum Gasteiger partial charge on any atom is -0.462 e. The van der Waals surface area contributed by atoms with Crippen molar-refractivity contribution < 1.29 is 9.53 Å². The molecular weight excluding hydrogens is 322 g/mol. The fraction of sp³-hybridized carbons (Fsp3) is 0.286.